The number of nitrogens with two attached hydrogens (primary N) is 1. The van der Waals surface area contributed by atoms with Crippen LogP contribution in [0, 0.1) is 5.82 Å². The maximum atomic E-state index is 13.7. The molecule has 0 saturated carbocycles. The van der Waals surface area contributed by atoms with E-state index in [1.807, 2.05) is 0 Å². The number of likely N-dealkylation sites (N-methyl/N-ethyl adjacent to an activating group) is 1. The molecule has 17 heavy (non-hydrogen) atoms. The predicted octanol–water partition coefficient (Wildman–Crippen LogP) is 1.87. The van der Waals surface area contributed by atoms with E-state index in [1.54, 1.807) is 0 Å². The number of benzene rings is 1. The molecule has 0 aliphatic rings. The molecular formula is C10H12ClFN2O2S. The topological polar surface area (TPSA) is 63.4 Å². The summed E-state index contributed by atoms with van der Waals surface area (Å²) in [6.45, 7) is 3.48. The van der Waals surface area contributed by atoms with Crippen LogP contribution in [0.25, 0.3) is 0 Å². The fourth-order valence-corrected chi connectivity index (χ4v) is 2.77. The van der Waals surface area contributed by atoms with Crippen molar-refractivity contribution in [2.75, 3.05) is 19.3 Å². The highest BCUT2D eigenvalue weighted by Crippen LogP contribution is 2.26. The average Bonchev–Trinajstić information content (AvgIpc) is 2.23. The van der Waals surface area contributed by atoms with Crippen molar-refractivity contribution in [3.05, 3.63) is 35.6 Å². The molecule has 0 spiro atoms. The third kappa shape index (κ3) is 2.77. The fraction of sp³-hybridized carbons (Fsp3) is 0.200. The zero-order valence-corrected chi connectivity index (χ0v) is 10.7. The summed E-state index contributed by atoms with van der Waals surface area (Å²) in [6.07, 6.45) is 1.39. The average molecular weight is 279 g/mol. The van der Waals surface area contributed by atoms with Gasteiger partial charge < -0.3 is 5.73 Å². The fourth-order valence-electron chi connectivity index (χ4n) is 1.22. The van der Waals surface area contributed by atoms with Gasteiger partial charge >= 0.3 is 0 Å². The molecule has 1 aromatic rings. The Kier molecular flexibility index (Phi) is 4.13. The van der Waals surface area contributed by atoms with Crippen molar-refractivity contribution >= 4 is 27.3 Å². The monoisotopic (exact) mass is 278 g/mol. The molecule has 0 fully saturated rings. The van der Waals surface area contributed by atoms with Crippen LogP contribution in [0.3, 0.4) is 0 Å². The van der Waals surface area contributed by atoms with Gasteiger partial charge in [0.15, 0.2) is 5.82 Å². The molecule has 0 radical (unpaired) electrons. The van der Waals surface area contributed by atoms with Gasteiger partial charge in [0, 0.05) is 18.6 Å². The summed E-state index contributed by atoms with van der Waals surface area (Å²) in [5.41, 5.74) is 5.03. The van der Waals surface area contributed by atoms with Crippen LogP contribution in [0.4, 0.5) is 10.1 Å². The van der Waals surface area contributed by atoms with E-state index < -0.39 is 20.7 Å². The molecule has 94 valence electrons. The van der Waals surface area contributed by atoms with Gasteiger partial charge in [-0.15, -0.1) is 6.58 Å². The molecule has 0 aromatic heterocycles. The molecule has 0 aliphatic carbocycles. The van der Waals surface area contributed by atoms with Crippen molar-refractivity contribution in [1.29, 1.82) is 0 Å². The molecule has 1 rings (SSSR count). The standard InChI is InChI=1S/C10H12ClFN2O2S/c1-3-4-14(2)17(15,16)9-6-7(11)5-8(13)10(9)12/h3,5-6H,1,4,13H2,2H3. The number of sulfonamides is 1. The van der Waals surface area contributed by atoms with Crippen LogP contribution in [0.15, 0.2) is 29.7 Å². The second kappa shape index (κ2) is 5.03. The number of halogens is 2. The van der Waals surface area contributed by atoms with Crippen molar-refractivity contribution in [1.82, 2.24) is 4.31 Å². The maximum absolute atomic E-state index is 13.7. The Morgan fingerprint density at radius 3 is 2.71 bits per heavy atom. The molecule has 0 unspecified atom stereocenters. The summed E-state index contributed by atoms with van der Waals surface area (Å²) in [5.74, 6) is -0.995. The number of rotatable bonds is 4. The van der Waals surface area contributed by atoms with E-state index in [1.165, 1.54) is 13.1 Å². The number of anilines is 1. The van der Waals surface area contributed by atoms with E-state index in [0.717, 1.165) is 16.4 Å². The van der Waals surface area contributed by atoms with E-state index in [-0.39, 0.29) is 17.3 Å². The summed E-state index contributed by atoms with van der Waals surface area (Å²) >= 11 is 5.66. The second-order valence-corrected chi connectivity index (χ2v) is 5.83. The third-order valence-electron chi connectivity index (χ3n) is 2.11. The molecule has 0 saturated heterocycles. The lowest BCUT2D eigenvalue weighted by Crippen LogP contribution is -2.28. The highest BCUT2D eigenvalue weighted by atomic mass is 35.5. The minimum absolute atomic E-state index is 0.0637. The summed E-state index contributed by atoms with van der Waals surface area (Å²) < 4.78 is 38.6. The third-order valence-corrected chi connectivity index (χ3v) is 4.15. The van der Waals surface area contributed by atoms with Gasteiger partial charge in [0.05, 0.1) is 5.69 Å². The van der Waals surface area contributed by atoms with Crippen LogP contribution in [0.2, 0.25) is 5.02 Å². The minimum Gasteiger partial charge on any atom is -0.396 e. The number of hydrogen-bond donors (Lipinski definition) is 1. The van der Waals surface area contributed by atoms with Gasteiger partial charge in [-0.05, 0) is 12.1 Å². The highest BCUT2D eigenvalue weighted by molar-refractivity contribution is 7.89. The number of nitrogen functional groups attached to an aromatic ring is 1. The Balaban J connectivity index is 3.38. The summed E-state index contributed by atoms with van der Waals surface area (Å²) in [4.78, 5) is -0.535. The molecule has 0 amide bonds. The van der Waals surface area contributed by atoms with Crippen LogP contribution >= 0.6 is 11.6 Å². The molecule has 7 heteroatoms. The summed E-state index contributed by atoms with van der Waals surface area (Å²) in [7, 11) is -2.64. The van der Waals surface area contributed by atoms with Gasteiger partial charge in [0.2, 0.25) is 10.0 Å². The first-order valence-corrected chi connectivity index (χ1v) is 6.44. The SMILES string of the molecule is C=CCN(C)S(=O)(=O)c1cc(Cl)cc(N)c1F. The van der Waals surface area contributed by atoms with Gasteiger partial charge in [-0.25, -0.2) is 12.8 Å². The van der Waals surface area contributed by atoms with Crippen molar-refractivity contribution in [2.45, 2.75) is 4.90 Å². The predicted molar refractivity (Wildman–Crippen MR) is 65.8 cm³/mol. The van der Waals surface area contributed by atoms with Gasteiger partial charge in [0.25, 0.3) is 0 Å². The maximum Gasteiger partial charge on any atom is 0.246 e. The van der Waals surface area contributed by atoms with Crippen LogP contribution in [0.5, 0.6) is 0 Å². The van der Waals surface area contributed by atoms with Crippen molar-refractivity contribution in [3.8, 4) is 0 Å². The normalized spacial score (nSPS) is 11.8. The Morgan fingerprint density at radius 1 is 1.59 bits per heavy atom. The lowest BCUT2D eigenvalue weighted by molar-refractivity contribution is 0.490. The first-order chi connectivity index (χ1) is 7.80. The molecule has 1 aromatic carbocycles. The zero-order valence-electron chi connectivity index (χ0n) is 9.15. The lowest BCUT2D eigenvalue weighted by Gasteiger charge is -2.16. The first kappa shape index (κ1) is 14.0. The molecule has 4 nitrogen and oxygen atoms in total. The largest absolute Gasteiger partial charge is 0.396 e. The van der Waals surface area contributed by atoms with E-state index in [4.69, 9.17) is 17.3 Å². The summed E-state index contributed by atoms with van der Waals surface area (Å²) in [5, 5.41) is 0.0643. The number of nitrogens with zero attached hydrogens (tertiary/aromatic N) is 1. The highest BCUT2D eigenvalue weighted by Gasteiger charge is 2.25. The van der Waals surface area contributed by atoms with Gasteiger partial charge in [-0.3, -0.25) is 0 Å². The second-order valence-electron chi connectivity index (χ2n) is 3.38. The number of hydrogen-bond acceptors (Lipinski definition) is 3. The minimum atomic E-state index is -3.95. The summed E-state index contributed by atoms with van der Waals surface area (Å²) in [6, 6.07) is 2.19. The van der Waals surface area contributed by atoms with Crippen LogP contribution in [0.1, 0.15) is 0 Å². The molecule has 0 atom stereocenters. The molecule has 2 N–H and O–H groups in total. The molecule has 0 aliphatic heterocycles. The van der Waals surface area contributed by atoms with Crippen LogP contribution in [-0.2, 0) is 10.0 Å². The van der Waals surface area contributed by atoms with Crippen molar-refractivity contribution in [2.24, 2.45) is 0 Å². The molecular weight excluding hydrogens is 267 g/mol. The van der Waals surface area contributed by atoms with E-state index in [0.29, 0.717) is 0 Å². The van der Waals surface area contributed by atoms with E-state index in [9.17, 15) is 12.8 Å². The Hall–Kier alpha value is -1.11. The van der Waals surface area contributed by atoms with Crippen LogP contribution in [-0.4, -0.2) is 26.3 Å². The Morgan fingerprint density at radius 2 is 2.18 bits per heavy atom. The van der Waals surface area contributed by atoms with E-state index in [2.05, 4.69) is 6.58 Å². The Labute approximate surface area is 105 Å². The smallest absolute Gasteiger partial charge is 0.246 e. The Bertz CT molecular complexity index is 545. The van der Waals surface area contributed by atoms with E-state index >= 15 is 0 Å². The quantitative estimate of drug-likeness (QED) is 0.675. The first-order valence-electron chi connectivity index (χ1n) is 4.62. The molecule has 0 bridgehead atoms. The zero-order chi connectivity index (χ0) is 13.2. The van der Waals surface area contributed by atoms with Crippen molar-refractivity contribution in [3.63, 3.8) is 0 Å². The molecule has 0 heterocycles. The van der Waals surface area contributed by atoms with Gasteiger partial charge in [0.1, 0.15) is 4.90 Å². The van der Waals surface area contributed by atoms with Gasteiger partial charge in [-0.1, -0.05) is 17.7 Å². The van der Waals surface area contributed by atoms with Gasteiger partial charge in [-0.2, -0.15) is 4.31 Å². The van der Waals surface area contributed by atoms with Crippen molar-refractivity contribution < 1.29 is 12.8 Å². The van der Waals surface area contributed by atoms with Crippen LogP contribution < -0.4 is 5.73 Å². The lowest BCUT2D eigenvalue weighted by atomic mass is 10.3.